The van der Waals surface area contributed by atoms with Crippen molar-refractivity contribution in [3.8, 4) is 0 Å². The van der Waals surface area contributed by atoms with Crippen LogP contribution < -0.4 is 5.32 Å². The van der Waals surface area contributed by atoms with Crippen LogP contribution in [0.4, 0.5) is 13.2 Å². The molecule has 1 aliphatic heterocycles. The molecule has 108 valence electrons. The Hall–Kier alpha value is -0.290. The molecule has 0 aromatic rings. The highest BCUT2D eigenvalue weighted by molar-refractivity contribution is 4.90. The lowest BCUT2D eigenvalue weighted by molar-refractivity contribution is -0.136. The number of hydrogen-bond acceptors (Lipinski definition) is 2. The van der Waals surface area contributed by atoms with Crippen LogP contribution >= 0.6 is 0 Å². The van der Waals surface area contributed by atoms with Gasteiger partial charge in [-0.05, 0) is 46.2 Å². The zero-order valence-electron chi connectivity index (χ0n) is 11.6. The number of nitrogens with one attached hydrogen (secondary N) is 1. The Morgan fingerprint density at radius 2 is 2.06 bits per heavy atom. The van der Waals surface area contributed by atoms with E-state index in [9.17, 15) is 13.2 Å². The van der Waals surface area contributed by atoms with Crippen LogP contribution in [0.25, 0.3) is 0 Å². The van der Waals surface area contributed by atoms with Gasteiger partial charge in [0, 0.05) is 24.5 Å². The Morgan fingerprint density at radius 1 is 1.39 bits per heavy atom. The van der Waals surface area contributed by atoms with E-state index < -0.39 is 12.6 Å². The normalized spacial score (nSPS) is 31.3. The van der Waals surface area contributed by atoms with E-state index in [0.29, 0.717) is 12.6 Å². The van der Waals surface area contributed by atoms with Crippen molar-refractivity contribution < 1.29 is 13.2 Å². The Balaban J connectivity index is 2.50. The van der Waals surface area contributed by atoms with Gasteiger partial charge in [-0.2, -0.15) is 13.2 Å². The maximum Gasteiger partial charge on any atom is 0.389 e. The second-order valence-electron chi connectivity index (χ2n) is 5.67. The summed E-state index contributed by atoms with van der Waals surface area (Å²) in [7, 11) is 0. The van der Waals surface area contributed by atoms with Crippen molar-refractivity contribution in [2.45, 2.75) is 64.2 Å². The second kappa shape index (κ2) is 6.24. The number of nitrogens with zero attached hydrogens (tertiary/aromatic N) is 1. The Kier molecular flexibility index (Phi) is 5.46. The molecule has 0 saturated carbocycles. The van der Waals surface area contributed by atoms with Gasteiger partial charge in [0.2, 0.25) is 0 Å². The van der Waals surface area contributed by atoms with Crippen LogP contribution in [0.1, 0.15) is 46.5 Å². The molecular weight excluding hydrogens is 241 g/mol. The van der Waals surface area contributed by atoms with Gasteiger partial charge in [0.1, 0.15) is 0 Å². The van der Waals surface area contributed by atoms with E-state index in [1.54, 1.807) is 0 Å². The summed E-state index contributed by atoms with van der Waals surface area (Å²) < 4.78 is 36.5. The lowest BCUT2D eigenvalue weighted by Crippen LogP contribution is -2.49. The molecule has 1 aliphatic rings. The predicted molar refractivity (Wildman–Crippen MR) is 67.6 cm³/mol. The van der Waals surface area contributed by atoms with E-state index in [4.69, 9.17) is 0 Å². The van der Waals surface area contributed by atoms with Gasteiger partial charge in [-0.3, -0.25) is 4.90 Å². The molecule has 1 saturated heterocycles. The van der Waals surface area contributed by atoms with Gasteiger partial charge in [-0.1, -0.05) is 6.92 Å². The fraction of sp³-hybridized carbons (Fsp3) is 1.00. The summed E-state index contributed by atoms with van der Waals surface area (Å²) in [6.45, 7) is 8.71. The van der Waals surface area contributed by atoms with Crippen molar-refractivity contribution in [1.29, 1.82) is 0 Å². The van der Waals surface area contributed by atoms with Gasteiger partial charge >= 0.3 is 6.18 Å². The number of rotatable bonds is 4. The zero-order chi connectivity index (χ0) is 13.8. The quantitative estimate of drug-likeness (QED) is 0.840. The molecule has 0 amide bonds. The molecule has 0 radical (unpaired) electrons. The number of halogens is 3. The van der Waals surface area contributed by atoms with E-state index in [-0.39, 0.29) is 12.0 Å². The van der Waals surface area contributed by atoms with Crippen LogP contribution in [0.5, 0.6) is 0 Å². The van der Waals surface area contributed by atoms with Gasteiger partial charge < -0.3 is 5.32 Å². The van der Waals surface area contributed by atoms with E-state index in [1.165, 1.54) is 0 Å². The molecule has 2 nitrogen and oxygen atoms in total. The van der Waals surface area contributed by atoms with Gasteiger partial charge in [0.15, 0.2) is 0 Å². The van der Waals surface area contributed by atoms with E-state index >= 15 is 0 Å². The van der Waals surface area contributed by atoms with E-state index in [0.717, 1.165) is 25.9 Å². The average Bonchev–Trinajstić information content (AvgIpc) is 2.38. The molecule has 0 aliphatic carbocycles. The highest BCUT2D eigenvalue weighted by Crippen LogP contribution is 2.23. The minimum atomic E-state index is -4.03. The van der Waals surface area contributed by atoms with Crippen LogP contribution in [0.2, 0.25) is 0 Å². The summed E-state index contributed by atoms with van der Waals surface area (Å²) in [5.41, 5.74) is 0.0307. The summed E-state index contributed by atoms with van der Waals surface area (Å²) in [5, 5.41) is 3.51. The van der Waals surface area contributed by atoms with Gasteiger partial charge in [0.05, 0.1) is 0 Å². The van der Waals surface area contributed by atoms with Crippen LogP contribution in [-0.4, -0.2) is 42.3 Å². The average molecular weight is 266 g/mol. The third-order valence-corrected chi connectivity index (χ3v) is 3.98. The first-order valence-corrected chi connectivity index (χ1v) is 6.81. The molecule has 18 heavy (non-hydrogen) atoms. The smallest absolute Gasteiger partial charge is 0.310 e. The summed E-state index contributed by atoms with van der Waals surface area (Å²) >= 11 is 0. The molecule has 0 aromatic carbocycles. The van der Waals surface area contributed by atoms with Gasteiger partial charge in [-0.15, -0.1) is 0 Å². The Labute approximate surface area is 108 Å². The summed E-state index contributed by atoms with van der Waals surface area (Å²) in [6.07, 6.45) is -2.50. The van der Waals surface area contributed by atoms with Gasteiger partial charge in [-0.25, -0.2) is 0 Å². The van der Waals surface area contributed by atoms with Gasteiger partial charge in [0.25, 0.3) is 0 Å². The monoisotopic (exact) mass is 266 g/mol. The van der Waals surface area contributed by atoms with E-state index in [2.05, 4.69) is 31.0 Å². The topological polar surface area (TPSA) is 15.3 Å². The molecule has 1 fully saturated rings. The first-order chi connectivity index (χ1) is 8.26. The molecule has 0 bridgehead atoms. The minimum absolute atomic E-state index is 0.0307. The molecule has 1 heterocycles. The highest BCUT2D eigenvalue weighted by Gasteiger charge is 2.31. The SMILES string of the molecule is CCC1(C)CN(CCCC(F)(F)F)C(C)CCN1. The van der Waals surface area contributed by atoms with Crippen molar-refractivity contribution in [1.82, 2.24) is 10.2 Å². The Bertz CT molecular complexity index is 255. The predicted octanol–water partition coefficient (Wildman–Crippen LogP) is 3.18. The Morgan fingerprint density at radius 3 is 2.61 bits per heavy atom. The summed E-state index contributed by atoms with van der Waals surface area (Å²) in [5.74, 6) is 0. The van der Waals surface area contributed by atoms with Crippen LogP contribution in [-0.2, 0) is 0 Å². The van der Waals surface area contributed by atoms with Crippen molar-refractivity contribution in [3.05, 3.63) is 0 Å². The fourth-order valence-electron chi connectivity index (χ4n) is 2.44. The van der Waals surface area contributed by atoms with Crippen molar-refractivity contribution in [2.24, 2.45) is 0 Å². The molecule has 5 heteroatoms. The first kappa shape index (κ1) is 15.8. The fourth-order valence-corrected chi connectivity index (χ4v) is 2.44. The van der Waals surface area contributed by atoms with Crippen LogP contribution in [0, 0.1) is 0 Å². The molecule has 1 rings (SSSR count). The number of hydrogen-bond donors (Lipinski definition) is 1. The van der Waals surface area contributed by atoms with E-state index in [1.807, 2.05) is 0 Å². The zero-order valence-corrected chi connectivity index (χ0v) is 11.6. The third kappa shape index (κ3) is 5.14. The molecule has 0 aromatic heterocycles. The maximum atomic E-state index is 12.2. The largest absolute Gasteiger partial charge is 0.389 e. The summed E-state index contributed by atoms with van der Waals surface area (Å²) in [4.78, 5) is 2.20. The molecular formula is C13H25F3N2. The van der Waals surface area contributed by atoms with Crippen molar-refractivity contribution >= 4 is 0 Å². The van der Waals surface area contributed by atoms with Crippen molar-refractivity contribution in [3.63, 3.8) is 0 Å². The molecule has 2 unspecified atom stereocenters. The van der Waals surface area contributed by atoms with Crippen LogP contribution in [0.3, 0.4) is 0 Å². The van der Waals surface area contributed by atoms with Crippen molar-refractivity contribution in [2.75, 3.05) is 19.6 Å². The summed E-state index contributed by atoms with van der Waals surface area (Å²) in [6, 6.07) is 0.360. The molecule has 0 spiro atoms. The highest BCUT2D eigenvalue weighted by atomic mass is 19.4. The lowest BCUT2D eigenvalue weighted by Gasteiger charge is -2.35. The minimum Gasteiger partial charge on any atom is -0.310 e. The third-order valence-electron chi connectivity index (χ3n) is 3.98. The standard InChI is InChI=1S/C13H25F3N2/c1-4-12(3)10-18(11(2)6-8-17-12)9-5-7-13(14,15)16/h11,17H,4-10H2,1-3H3. The number of alkyl halides is 3. The lowest BCUT2D eigenvalue weighted by atomic mass is 9.98. The molecule has 1 N–H and O–H groups in total. The second-order valence-corrected chi connectivity index (χ2v) is 5.67. The first-order valence-electron chi connectivity index (χ1n) is 6.81. The van der Waals surface area contributed by atoms with Crippen LogP contribution in [0.15, 0.2) is 0 Å². The maximum absolute atomic E-state index is 12.2. The molecule has 2 atom stereocenters.